The van der Waals surface area contributed by atoms with Crippen LogP contribution in [0.5, 0.6) is 0 Å². The van der Waals surface area contributed by atoms with Crippen molar-refractivity contribution in [1.82, 2.24) is 5.32 Å². The molecule has 0 fully saturated rings. The molecule has 0 saturated heterocycles. The highest BCUT2D eigenvalue weighted by atomic mass is 79.9. The molecule has 2 N–H and O–H groups in total. The molecule has 0 aromatic heterocycles. The zero-order valence-corrected chi connectivity index (χ0v) is 13.1. The first-order valence-electron chi connectivity index (χ1n) is 5.30. The average molecular weight is 339 g/mol. The number of thioether (sulfide) groups is 1. The number of rotatable bonds is 6. The van der Waals surface area contributed by atoms with E-state index in [0.29, 0.717) is 11.6 Å². The molecule has 0 aliphatic carbocycles. The van der Waals surface area contributed by atoms with Crippen molar-refractivity contribution in [3.05, 3.63) is 33.3 Å². The van der Waals surface area contributed by atoms with Crippen LogP contribution < -0.4 is 5.32 Å². The summed E-state index contributed by atoms with van der Waals surface area (Å²) in [4.78, 5) is 0. The predicted octanol–water partition coefficient (Wildman–Crippen LogP) is 3.31. The first kappa shape index (κ1) is 15.3. The molecule has 0 saturated carbocycles. The van der Waals surface area contributed by atoms with Crippen molar-refractivity contribution >= 4 is 39.3 Å². The highest BCUT2D eigenvalue weighted by Gasteiger charge is 2.18. The van der Waals surface area contributed by atoms with Gasteiger partial charge in [0.05, 0.1) is 10.6 Å². The fourth-order valence-electron chi connectivity index (χ4n) is 1.49. The molecule has 1 aromatic rings. The number of hydrogen-bond acceptors (Lipinski definition) is 3. The Balaban J connectivity index is 2.43. The minimum absolute atomic E-state index is 0.577. The van der Waals surface area contributed by atoms with Crippen LogP contribution in [0.15, 0.2) is 22.7 Å². The van der Waals surface area contributed by atoms with Gasteiger partial charge in [-0.05, 0) is 46.8 Å². The maximum atomic E-state index is 9.98. The second kappa shape index (κ2) is 7.00. The Morgan fingerprint density at radius 1 is 1.53 bits per heavy atom. The summed E-state index contributed by atoms with van der Waals surface area (Å²) in [5, 5.41) is 13.9. The molecule has 1 unspecified atom stereocenters. The Bertz CT molecular complexity index is 374. The zero-order chi connectivity index (χ0) is 12.9. The monoisotopic (exact) mass is 337 g/mol. The molecule has 2 nitrogen and oxygen atoms in total. The summed E-state index contributed by atoms with van der Waals surface area (Å²) in [7, 11) is 0. The van der Waals surface area contributed by atoms with E-state index in [-0.39, 0.29) is 0 Å². The van der Waals surface area contributed by atoms with Crippen molar-refractivity contribution in [2.75, 3.05) is 18.6 Å². The summed E-state index contributed by atoms with van der Waals surface area (Å²) in [6, 6.07) is 5.82. The molecule has 17 heavy (non-hydrogen) atoms. The highest BCUT2D eigenvalue weighted by Crippen LogP contribution is 2.23. The van der Waals surface area contributed by atoms with Crippen LogP contribution in [-0.4, -0.2) is 29.3 Å². The van der Waals surface area contributed by atoms with Gasteiger partial charge in [0.2, 0.25) is 0 Å². The van der Waals surface area contributed by atoms with E-state index in [2.05, 4.69) is 21.2 Å². The van der Waals surface area contributed by atoms with Crippen molar-refractivity contribution in [2.45, 2.75) is 19.1 Å². The largest absolute Gasteiger partial charge is 0.388 e. The van der Waals surface area contributed by atoms with E-state index in [1.807, 2.05) is 31.4 Å². The summed E-state index contributed by atoms with van der Waals surface area (Å²) in [5.74, 6) is 0.727. The smallest absolute Gasteiger partial charge is 0.0833 e. The van der Waals surface area contributed by atoms with E-state index in [1.54, 1.807) is 11.8 Å². The van der Waals surface area contributed by atoms with Crippen LogP contribution in [-0.2, 0) is 6.54 Å². The van der Waals surface area contributed by atoms with Crippen LogP contribution in [0.25, 0.3) is 0 Å². The molecule has 0 amide bonds. The van der Waals surface area contributed by atoms with Gasteiger partial charge in [-0.15, -0.1) is 0 Å². The van der Waals surface area contributed by atoms with E-state index in [4.69, 9.17) is 11.6 Å². The molecule has 0 heterocycles. The molecule has 1 aromatic carbocycles. The van der Waals surface area contributed by atoms with Crippen LogP contribution in [0.3, 0.4) is 0 Å². The van der Waals surface area contributed by atoms with Crippen molar-refractivity contribution in [2.24, 2.45) is 0 Å². The SMILES string of the molecule is CSCC(C)(O)CNCc1ccc(Cl)c(Br)c1. The fourth-order valence-corrected chi connectivity index (χ4v) is 2.76. The average Bonchev–Trinajstić information content (AvgIpc) is 2.23. The number of hydrogen-bond donors (Lipinski definition) is 2. The lowest BCUT2D eigenvalue weighted by molar-refractivity contribution is 0.0846. The summed E-state index contributed by atoms with van der Waals surface area (Å²) >= 11 is 11.0. The Hall–Kier alpha value is 0.260. The van der Waals surface area contributed by atoms with Crippen molar-refractivity contribution in [1.29, 1.82) is 0 Å². The minimum Gasteiger partial charge on any atom is -0.388 e. The van der Waals surface area contributed by atoms with Crippen molar-refractivity contribution < 1.29 is 5.11 Å². The normalized spacial score (nSPS) is 14.6. The van der Waals surface area contributed by atoms with Gasteiger partial charge in [-0.2, -0.15) is 11.8 Å². The third kappa shape index (κ3) is 5.62. The maximum Gasteiger partial charge on any atom is 0.0833 e. The van der Waals surface area contributed by atoms with Crippen LogP contribution in [0.1, 0.15) is 12.5 Å². The summed E-state index contributed by atoms with van der Waals surface area (Å²) in [6.07, 6.45) is 1.99. The molecule has 1 rings (SSSR count). The predicted molar refractivity (Wildman–Crippen MR) is 79.9 cm³/mol. The molecule has 0 spiro atoms. The molecule has 0 aliphatic heterocycles. The highest BCUT2D eigenvalue weighted by molar-refractivity contribution is 9.10. The zero-order valence-electron chi connectivity index (χ0n) is 9.96. The van der Waals surface area contributed by atoms with Crippen LogP contribution >= 0.6 is 39.3 Å². The lowest BCUT2D eigenvalue weighted by Crippen LogP contribution is -2.39. The summed E-state index contributed by atoms with van der Waals surface area (Å²) < 4.78 is 0.898. The number of benzene rings is 1. The summed E-state index contributed by atoms with van der Waals surface area (Å²) in [5.41, 5.74) is 0.476. The second-order valence-electron chi connectivity index (χ2n) is 4.28. The van der Waals surface area contributed by atoms with Gasteiger partial charge in [-0.25, -0.2) is 0 Å². The first-order chi connectivity index (χ1) is 7.94. The van der Waals surface area contributed by atoms with E-state index in [0.717, 1.165) is 22.3 Å². The minimum atomic E-state index is -0.664. The van der Waals surface area contributed by atoms with Crippen LogP contribution in [0.4, 0.5) is 0 Å². The van der Waals surface area contributed by atoms with E-state index in [9.17, 15) is 5.11 Å². The Morgan fingerprint density at radius 3 is 2.82 bits per heavy atom. The van der Waals surface area contributed by atoms with Gasteiger partial charge in [0, 0.05) is 23.3 Å². The van der Waals surface area contributed by atoms with Gasteiger partial charge >= 0.3 is 0 Å². The van der Waals surface area contributed by atoms with Crippen LogP contribution in [0, 0.1) is 0 Å². The standard InChI is InChI=1S/C12H17BrClNOS/c1-12(16,8-17-2)7-15-6-9-3-4-11(14)10(13)5-9/h3-5,15-16H,6-8H2,1-2H3. The quantitative estimate of drug-likeness (QED) is 0.834. The van der Waals surface area contributed by atoms with Gasteiger partial charge in [-0.3, -0.25) is 0 Å². The molecule has 1 atom stereocenters. The topological polar surface area (TPSA) is 32.3 Å². The molecule has 0 radical (unpaired) electrons. The Morgan fingerprint density at radius 2 is 2.24 bits per heavy atom. The van der Waals surface area contributed by atoms with Gasteiger partial charge in [0.1, 0.15) is 0 Å². The molecular formula is C12H17BrClNOS. The molecule has 0 bridgehead atoms. The molecule has 96 valence electrons. The maximum absolute atomic E-state index is 9.98. The van der Waals surface area contributed by atoms with E-state index < -0.39 is 5.60 Å². The van der Waals surface area contributed by atoms with E-state index >= 15 is 0 Å². The number of nitrogens with one attached hydrogen (secondary N) is 1. The molecular weight excluding hydrogens is 322 g/mol. The molecule has 0 aliphatic rings. The van der Waals surface area contributed by atoms with Crippen LogP contribution in [0.2, 0.25) is 5.02 Å². The van der Waals surface area contributed by atoms with Crippen molar-refractivity contribution in [3.8, 4) is 0 Å². The summed E-state index contributed by atoms with van der Waals surface area (Å²) in [6.45, 7) is 3.14. The van der Waals surface area contributed by atoms with Gasteiger partial charge in [0.15, 0.2) is 0 Å². The third-order valence-corrected chi connectivity index (χ3v) is 4.40. The van der Waals surface area contributed by atoms with Gasteiger partial charge in [0.25, 0.3) is 0 Å². The van der Waals surface area contributed by atoms with Crippen molar-refractivity contribution in [3.63, 3.8) is 0 Å². The number of aliphatic hydroxyl groups is 1. The second-order valence-corrected chi connectivity index (χ2v) is 6.41. The lowest BCUT2D eigenvalue weighted by atomic mass is 10.1. The Labute approximate surface area is 120 Å². The Kier molecular flexibility index (Phi) is 6.31. The lowest BCUT2D eigenvalue weighted by Gasteiger charge is -2.22. The number of halogens is 2. The van der Waals surface area contributed by atoms with Gasteiger partial charge < -0.3 is 10.4 Å². The van der Waals surface area contributed by atoms with E-state index in [1.165, 1.54) is 0 Å². The fraction of sp³-hybridized carbons (Fsp3) is 0.500. The van der Waals surface area contributed by atoms with Gasteiger partial charge in [-0.1, -0.05) is 17.7 Å². The third-order valence-electron chi connectivity index (χ3n) is 2.27. The molecule has 5 heteroatoms. The first-order valence-corrected chi connectivity index (χ1v) is 7.87.